The Bertz CT molecular complexity index is 445. The summed E-state index contributed by atoms with van der Waals surface area (Å²) < 4.78 is 1.85. The van der Waals surface area contributed by atoms with E-state index in [1.54, 1.807) is 0 Å². The fraction of sp³-hybridized carbons (Fsp3) is 0.667. The van der Waals surface area contributed by atoms with Crippen molar-refractivity contribution in [2.45, 2.75) is 38.3 Å². The summed E-state index contributed by atoms with van der Waals surface area (Å²) in [6.45, 7) is 4.82. The van der Waals surface area contributed by atoms with E-state index in [4.69, 9.17) is 0 Å². The van der Waals surface area contributed by atoms with Crippen LogP contribution >= 0.6 is 0 Å². The average Bonchev–Trinajstić information content (AvgIpc) is 2.73. The van der Waals surface area contributed by atoms with Crippen LogP contribution in [0.1, 0.15) is 35.8 Å². The van der Waals surface area contributed by atoms with E-state index in [1.165, 1.54) is 0 Å². The lowest BCUT2D eigenvalue weighted by atomic mass is 9.80. The Morgan fingerprint density at radius 1 is 1.47 bits per heavy atom. The first-order valence-electron chi connectivity index (χ1n) is 6.32. The highest BCUT2D eigenvalue weighted by Gasteiger charge is 2.40. The number of nitrogens with zero attached hydrogens (tertiary/aromatic N) is 2. The summed E-state index contributed by atoms with van der Waals surface area (Å²) in [7, 11) is 0. The Hall–Kier alpha value is -1.36. The highest BCUT2D eigenvalue weighted by atomic mass is 16.2. The monoisotopic (exact) mass is 234 g/mol. The molecule has 1 spiro atoms. The van der Waals surface area contributed by atoms with Crippen LogP contribution in [0, 0.1) is 0 Å². The lowest BCUT2D eigenvalue weighted by molar-refractivity contribution is 0.0845. The van der Waals surface area contributed by atoms with Crippen LogP contribution in [-0.4, -0.2) is 34.3 Å². The number of nitrogens with one attached hydrogen (secondary N) is 2. The molecule has 0 atom stereocenters. The first kappa shape index (κ1) is 10.8. The zero-order valence-corrected chi connectivity index (χ0v) is 10.1. The fourth-order valence-electron chi connectivity index (χ4n) is 2.86. The smallest absolute Gasteiger partial charge is 0.272 e. The molecule has 0 saturated carbocycles. The minimum Gasteiger partial charge on any atom is -0.345 e. The molecule has 1 amide bonds. The second kappa shape index (κ2) is 3.84. The molecule has 0 bridgehead atoms. The Labute approximate surface area is 101 Å². The molecule has 17 heavy (non-hydrogen) atoms. The van der Waals surface area contributed by atoms with Crippen LogP contribution < -0.4 is 10.6 Å². The number of piperidine rings is 1. The molecule has 2 aliphatic heterocycles. The van der Waals surface area contributed by atoms with Gasteiger partial charge in [0.1, 0.15) is 0 Å². The number of amides is 1. The van der Waals surface area contributed by atoms with Crippen molar-refractivity contribution >= 4 is 5.91 Å². The summed E-state index contributed by atoms with van der Waals surface area (Å²) in [6, 6.07) is 0. The van der Waals surface area contributed by atoms with E-state index in [0.717, 1.165) is 44.5 Å². The van der Waals surface area contributed by atoms with Crippen molar-refractivity contribution in [2.24, 2.45) is 0 Å². The molecule has 0 aromatic carbocycles. The highest BCUT2D eigenvalue weighted by molar-refractivity contribution is 5.95. The van der Waals surface area contributed by atoms with Crippen molar-refractivity contribution in [1.29, 1.82) is 0 Å². The number of aryl methyl sites for hydroxylation is 1. The number of fused-ring (bicyclic) bond motifs is 1. The number of rotatable bonds is 1. The Balaban J connectivity index is 1.93. The van der Waals surface area contributed by atoms with Gasteiger partial charge in [-0.15, -0.1) is 0 Å². The SMILES string of the molecule is CCn1cc2c(n1)C(=O)NC1(CCNCC1)C2. The number of carbonyl (C=O) groups is 1. The van der Waals surface area contributed by atoms with Crippen LogP contribution in [0.15, 0.2) is 6.20 Å². The van der Waals surface area contributed by atoms with Gasteiger partial charge in [0, 0.05) is 23.8 Å². The largest absolute Gasteiger partial charge is 0.345 e. The van der Waals surface area contributed by atoms with Gasteiger partial charge in [-0.05, 0) is 39.3 Å². The number of aromatic nitrogens is 2. The van der Waals surface area contributed by atoms with Gasteiger partial charge in [0.05, 0.1) is 0 Å². The zero-order chi connectivity index (χ0) is 11.9. The molecule has 0 unspecified atom stereocenters. The first-order valence-corrected chi connectivity index (χ1v) is 6.32. The third-order valence-electron chi connectivity index (χ3n) is 3.84. The number of hydrogen-bond donors (Lipinski definition) is 2. The molecule has 2 N–H and O–H groups in total. The lowest BCUT2D eigenvalue weighted by Gasteiger charge is -2.40. The van der Waals surface area contributed by atoms with Crippen molar-refractivity contribution in [1.82, 2.24) is 20.4 Å². The number of carbonyl (C=O) groups excluding carboxylic acids is 1. The molecular weight excluding hydrogens is 216 g/mol. The van der Waals surface area contributed by atoms with E-state index < -0.39 is 0 Å². The van der Waals surface area contributed by atoms with Gasteiger partial charge >= 0.3 is 0 Å². The Kier molecular flexibility index (Phi) is 2.43. The van der Waals surface area contributed by atoms with Crippen molar-refractivity contribution in [3.05, 3.63) is 17.5 Å². The van der Waals surface area contributed by atoms with Crippen molar-refractivity contribution in [3.8, 4) is 0 Å². The molecule has 3 heterocycles. The van der Waals surface area contributed by atoms with Crippen LogP contribution in [0.3, 0.4) is 0 Å². The van der Waals surface area contributed by atoms with Gasteiger partial charge in [-0.1, -0.05) is 0 Å². The average molecular weight is 234 g/mol. The van der Waals surface area contributed by atoms with Crippen molar-refractivity contribution in [2.75, 3.05) is 13.1 Å². The molecule has 5 nitrogen and oxygen atoms in total. The molecule has 0 radical (unpaired) electrons. The van der Waals surface area contributed by atoms with Gasteiger partial charge in [0.2, 0.25) is 0 Å². The molecule has 3 rings (SSSR count). The first-order chi connectivity index (χ1) is 8.22. The van der Waals surface area contributed by atoms with Gasteiger partial charge in [-0.25, -0.2) is 0 Å². The second-order valence-electron chi connectivity index (χ2n) is 5.02. The lowest BCUT2D eigenvalue weighted by Crippen LogP contribution is -2.58. The summed E-state index contributed by atoms with van der Waals surface area (Å²) >= 11 is 0. The molecule has 0 aliphatic carbocycles. The topological polar surface area (TPSA) is 59.0 Å². The molecule has 1 saturated heterocycles. The van der Waals surface area contributed by atoms with Gasteiger partial charge in [0.15, 0.2) is 5.69 Å². The predicted molar refractivity (Wildman–Crippen MR) is 63.9 cm³/mol. The molecule has 5 heteroatoms. The van der Waals surface area contributed by atoms with Crippen LogP contribution in [0.5, 0.6) is 0 Å². The summed E-state index contributed by atoms with van der Waals surface area (Å²) in [5.74, 6) is 0.000324. The maximum Gasteiger partial charge on any atom is 0.272 e. The summed E-state index contributed by atoms with van der Waals surface area (Å²) in [5.41, 5.74) is 1.70. The van der Waals surface area contributed by atoms with Gasteiger partial charge in [-0.3, -0.25) is 9.48 Å². The fourth-order valence-corrected chi connectivity index (χ4v) is 2.86. The molecule has 2 aliphatic rings. The molecule has 1 aromatic rings. The minimum absolute atomic E-state index is 0.000324. The highest BCUT2D eigenvalue weighted by Crippen LogP contribution is 2.29. The quantitative estimate of drug-likeness (QED) is 0.735. The van der Waals surface area contributed by atoms with E-state index in [-0.39, 0.29) is 11.4 Å². The second-order valence-corrected chi connectivity index (χ2v) is 5.02. The molecule has 1 aromatic heterocycles. The summed E-state index contributed by atoms with van der Waals surface area (Å²) in [4.78, 5) is 12.1. The summed E-state index contributed by atoms with van der Waals surface area (Å²) in [5, 5.41) is 10.8. The van der Waals surface area contributed by atoms with Crippen LogP contribution in [-0.2, 0) is 13.0 Å². The zero-order valence-electron chi connectivity index (χ0n) is 10.1. The van der Waals surface area contributed by atoms with Gasteiger partial charge in [-0.2, -0.15) is 5.10 Å². The standard InChI is InChI=1S/C12H18N4O/c1-2-16-8-9-7-12(3-5-13-6-4-12)14-11(17)10(9)15-16/h8,13H,2-7H2,1H3,(H,14,17). The van der Waals surface area contributed by atoms with E-state index in [1.807, 2.05) is 17.8 Å². The predicted octanol–water partition coefficient (Wildman–Crippen LogP) is 0.311. The minimum atomic E-state index is -0.0308. The van der Waals surface area contributed by atoms with Gasteiger partial charge in [0.25, 0.3) is 5.91 Å². The number of hydrogen-bond acceptors (Lipinski definition) is 3. The maximum atomic E-state index is 12.1. The van der Waals surface area contributed by atoms with E-state index >= 15 is 0 Å². The van der Waals surface area contributed by atoms with Gasteiger partial charge < -0.3 is 10.6 Å². The normalized spacial score (nSPS) is 22.3. The van der Waals surface area contributed by atoms with Crippen LogP contribution in [0.4, 0.5) is 0 Å². The van der Waals surface area contributed by atoms with E-state index in [2.05, 4.69) is 15.7 Å². The van der Waals surface area contributed by atoms with Crippen LogP contribution in [0.2, 0.25) is 0 Å². The van der Waals surface area contributed by atoms with E-state index in [9.17, 15) is 4.79 Å². The Morgan fingerprint density at radius 2 is 2.24 bits per heavy atom. The molecule has 92 valence electrons. The molecular formula is C12H18N4O. The maximum absolute atomic E-state index is 12.1. The third-order valence-corrected chi connectivity index (χ3v) is 3.84. The van der Waals surface area contributed by atoms with Crippen molar-refractivity contribution in [3.63, 3.8) is 0 Å². The van der Waals surface area contributed by atoms with Crippen LogP contribution in [0.25, 0.3) is 0 Å². The Morgan fingerprint density at radius 3 is 2.94 bits per heavy atom. The molecule has 1 fully saturated rings. The third kappa shape index (κ3) is 1.74. The van der Waals surface area contributed by atoms with Crippen molar-refractivity contribution < 1.29 is 4.79 Å². The van der Waals surface area contributed by atoms with E-state index in [0.29, 0.717) is 5.69 Å². The summed E-state index contributed by atoms with van der Waals surface area (Å²) in [6.07, 6.45) is 4.97.